The average Bonchev–Trinajstić information content (AvgIpc) is 2.28. The van der Waals surface area contributed by atoms with E-state index in [4.69, 9.17) is 16.3 Å². The van der Waals surface area contributed by atoms with Gasteiger partial charge in [0, 0.05) is 10.4 Å². The Kier molecular flexibility index (Phi) is 4.31. The highest BCUT2D eigenvalue weighted by Gasteiger charge is 2.48. The summed E-state index contributed by atoms with van der Waals surface area (Å²) < 4.78 is 5.54. The molecule has 1 N–H and O–H groups in total. The highest BCUT2D eigenvalue weighted by molar-refractivity contribution is 6.31. The van der Waals surface area contributed by atoms with Crippen molar-refractivity contribution in [1.29, 1.82) is 0 Å². The monoisotopic (exact) mass is 267 g/mol. The van der Waals surface area contributed by atoms with Gasteiger partial charge in [-0.15, -0.1) is 0 Å². The molecule has 100 valence electrons. The van der Waals surface area contributed by atoms with E-state index in [1.54, 1.807) is 0 Å². The molecular weight excluding hydrogens is 246 g/mol. The third kappa shape index (κ3) is 2.29. The van der Waals surface area contributed by atoms with E-state index >= 15 is 0 Å². The number of benzene rings is 1. The molecule has 2 rings (SSSR count). The van der Waals surface area contributed by atoms with Gasteiger partial charge in [0.15, 0.2) is 0 Å². The Morgan fingerprint density at radius 1 is 1.33 bits per heavy atom. The molecule has 18 heavy (non-hydrogen) atoms. The highest BCUT2D eigenvalue weighted by atomic mass is 35.5. The number of hydrogen-bond donors (Lipinski definition) is 1. The Morgan fingerprint density at radius 3 is 2.44 bits per heavy atom. The van der Waals surface area contributed by atoms with E-state index in [9.17, 15) is 0 Å². The van der Waals surface area contributed by atoms with Crippen LogP contribution in [-0.4, -0.2) is 26.8 Å². The van der Waals surface area contributed by atoms with Crippen molar-refractivity contribution in [1.82, 2.24) is 5.32 Å². The highest BCUT2D eigenvalue weighted by Crippen LogP contribution is 2.45. The third-order valence-corrected chi connectivity index (χ3v) is 4.40. The molecule has 1 aromatic carbocycles. The van der Waals surface area contributed by atoms with Gasteiger partial charge in [0.2, 0.25) is 0 Å². The summed E-state index contributed by atoms with van der Waals surface area (Å²) in [5.41, 5.74) is 1.32. The summed E-state index contributed by atoms with van der Waals surface area (Å²) >= 11 is 6.39. The second-order valence-corrected chi connectivity index (χ2v) is 5.94. The van der Waals surface area contributed by atoms with E-state index in [0.717, 1.165) is 24.8 Å². The molecule has 0 radical (unpaired) electrons. The second-order valence-electron chi connectivity index (χ2n) is 5.54. The van der Waals surface area contributed by atoms with Crippen molar-refractivity contribution >= 4 is 11.6 Å². The molecule has 0 amide bonds. The van der Waals surface area contributed by atoms with Crippen LogP contribution in [0.5, 0.6) is 0 Å². The molecule has 3 heteroatoms. The lowest BCUT2D eigenvalue weighted by atomic mass is 9.64. The predicted octanol–water partition coefficient (Wildman–Crippen LogP) is 3.10. The Morgan fingerprint density at radius 2 is 2.00 bits per heavy atom. The summed E-state index contributed by atoms with van der Waals surface area (Å²) in [5.74, 6) is 1.13. The van der Waals surface area contributed by atoms with Crippen molar-refractivity contribution in [3.63, 3.8) is 0 Å². The summed E-state index contributed by atoms with van der Waals surface area (Å²) in [6.07, 6.45) is 0. The minimum atomic E-state index is 0.0789. The lowest BCUT2D eigenvalue weighted by Crippen LogP contribution is -2.56. The topological polar surface area (TPSA) is 21.3 Å². The molecular formula is C15H22ClNO. The normalized spacial score (nSPS) is 19.6. The molecule has 1 saturated heterocycles. The van der Waals surface area contributed by atoms with Gasteiger partial charge in [-0.05, 0) is 37.1 Å². The summed E-state index contributed by atoms with van der Waals surface area (Å²) in [6, 6.07) is 8.18. The minimum absolute atomic E-state index is 0.0789. The maximum Gasteiger partial charge on any atom is 0.0589 e. The lowest BCUT2D eigenvalue weighted by Gasteiger charge is -2.49. The van der Waals surface area contributed by atoms with Crippen LogP contribution in [0.25, 0.3) is 0 Å². The Bertz CT molecular complexity index is 401. The van der Waals surface area contributed by atoms with Crippen LogP contribution in [-0.2, 0) is 10.2 Å². The zero-order valence-electron chi connectivity index (χ0n) is 11.4. The Labute approximate surface area is 115 Å². The minimum Gasteiger partial charge on any atom is -0.379 e. The van der Waals surface area contributed by atoms with Crippen LogP contribution in [0, 0.1) is 11.8 Å². The van der Waals surface area contributed by atoms with Crippen LogP contribution >= 0.6 is 11.6 Å². The summed E-state index contributed by atoms with van der Waals surface area (Å²) in [7, 11) is 2.01. The quantitative estimate of drug-likeness (QED) is 0.885. The molecule has 0 saturated carbocycles. The van der Waals surface area contributed by atoms with E-state index < -0.39 is 0 Å². The lowest BCUT2D eigenvalue weighted by molar-refractivity contribution is -0.0995. The van der Waals surface area contributed by atoms with E-state index in [1.165, 1.54) is 5.56 Å². The zero-order valence-corrected chi connectivity index (χ0v) is 12.1. The fourth-order valence-corrected chi connectivity index (χ4v) is 3.37. The standard InChI is InChI=1S/C15H22ClNO/c1-11(2)13(8-17-3)15(9-18-10-15)12-6-4-5-7-14(12)16/h4-7,11,13,17H,8-10H2,1-3H3. The summed E-state index contributed by atoms with van der Waals surface area (Å²) in [5, 5.41) is 4.18. The predicted molar refractivity (Wildman–Crippen MR) is 76.2 cm³/mol. The van der Waals surface area contributed by atoms with E-state index in [-0.39, 0.29) is 5.41 Å². The van der Waals surface area contributed by atoms with Crippen molar-refractivity contribution in [3.05, 3.63) is 34.9 Å². The fourth-order valence-electron chi connectivity index (χ4n) is 3.05. The Hall–Kier alpha value is -0.570. The molecule has 1 heterocycles. The smallest absolute Gasteiger partial charge is 0.0589 e. The molecule has 1 unspecified atom stereocenters. The van der Waals surface area contributed by atoms with Crippen molar-refractivity contribution in [2.45, 2.75) is 19.3 Å². The number of halogens is 1. The van der Waals surface area contributed by atoms with Crippen LogP contribution < -0.4 is 5.32 Å². The van der Waals surface area contributed by atoms with Crippen LogP contribution in [0.2, 0.25) is 5.02 Å². The molecule has 0 spiro atoms. The van der Waals surface area contributed by atoms with E-state index in [0.29, 0.717) is 11.8 Å². The second kappa shape index (κ2) is 5.60. The first kappa shape index (κ1) is 13.9. The molecule has 1 aliphatic rings. The van der Waals surface area contributed by atoms with Gasteiger partial charge in [-0.1, -0.05) is 43.6 Å². The first-order valence-electron chi connectivity index (χ1n) is 6.59. The van der Waals surface area contributed by atoms with E-state index in [2.05, 4.69) is 31.3 Å². The van der Waals surface area contributed by atoms with Crippen LogP contribution in [0.3, 0.4) is 0 Å². The van der Waals surface area contributed by atoms with Gasteiger partial charge in [0.25, 0.3) is 0 Å². The SMILES string of the molecule is CNCC(C(C)C)C1(c2ccccc2Cl)COC1. The van der Waals surface area contributed by atoms with Gasteiger partial charge in [0.05, 0.1) is 13.2 Å². The van der Waals surface area contributed by atoms with Gasteiger partial charge >= 0.3 is 0 Å². The van der Waals surface area contributed by atoms with Crippen LogP contribution in [0.1, 0.15) is 19.4 Å². The van der Waals surface area contributed by atoms with Gasteiger partial charge in [-0.3, -0.25) is 0 Å². The van der Waals surface area contributed by atoms with Crippen LogP contribution in [0.15, 0.2) is 24.3 Å². The van der Waals surface area contributed by atoms with E-state index in [1.807, 2.05) is 19.2 Å². The number of nitrogens with one attached hydrogen (secondary N) is 1. The molecule has 1 atom stereocenters. The van der Waals surface area contributed by atoms with Crippen LogP contribution in [0.4, 0.5) is 0 Å². The number of ether oxygens (including phenoxy) is 1. The van der Waals surface area contributed by atoms with Gasteiger partial charge in [0.1, 0.15) is 0 Å². The zero-order chi connectivity index (χ0) is 13.2. The first-order valence-corrected chi connectivity index (χ1v) is 6.97. The molecule has 1 aliphatic heterocycles. The van der Waals surface area contributed by atoms with Crippen molar-refractivity contribution in [2.24, 2.45) is 11.8 Å². The van der Waals surface area contributed by atoms with Crippen molar-refractivity contribution < 1.29 is 4.74 Å². The Balaban J connectivity index is 2.38. The first-order chi connectivity index (χ1) is 8.62. The van der Waals surface area contributed by atoms with Crippen molar-refractivity contribution in [3.8, 4) is 0 Å². The summed E-state index contributed by atoms with van der Waals surface area (Å²) in [6.45, 7) is 7.10. The molecule has 0 bridgehead atoms. The largest absolute Gasteiger partial charge is 0.379 e. The maximum atomic E-state index is 6.39. The molecule has 2 nitrogen and oxygen atoms in total. The third-order valence-electron chi connectivity index (χ3n) is 4.07. The molecule has 1 fully saturated rings. The average molecular weight is 268 g/mol. The summed E-state index contributed by atoms with van der Waals surface area (Å²) in [4.78, 5) is 0. The maximum absolute atomic E-state index is 6.39. The van der Waals surface area contributed by atoms with Gasteiger partial charge in [-0.2, -0.15) is 0 Å². The van der Waals surface area contributed by atoms with Gasteiger partial charge in [-0.25, -0.2) is 0 Å². The van der Waals surface area contributed by atoms with Gasteiger partial charge < -0.3 is 10.1 Å². The molecule has 0 aromatic heterocycles. The fraction of sp³-hybridized carbons (Fsp3) is 0.600. The molecule has 0 aliphatic carbocycles. The van der Waals surface area contributed by atoms with Crippen molar-refractivity contribution in [2.75, 3.05) is 26.8 Å². The molecule has 1 aromatic rings. The number of rotatable bonds is 5. The number of hydrogen-bond acceptors (Lipinski definition) is 2.